The Kier molecular flexibility index (Phi) is 4.37. The van der Waals surface area contributed by atoms with Crippen molar-refractivity contribution < 1.29 is 13.9 Å². The first-order valence-electron chi connectivity index (χ1n) is 4.66. The molecule has 1 aromatic rings. The molecule has 7 heteroatoms. The third kappa shape index (κ3) is 3.24. The predicted octanol–water partition coefficient (Wildman–Crippen LogP) is 2.17. The number of hydrogen-bond donors (Lipinski definition) is 2. The zero-order valence-corrected chi connectivity index (χ0v) is 9.59. The Balaban J connectivity index is 2.99. The number of anilines is 1. The number of rotatable bonds is 4. The van der Waals surface area contributed by atoms with E-state index in [1.54, 1.807) is 6.92 Å². The molecule has 0 saturated carbocycles. The number of nitrogens with zero attached hydrogens (tertiary/aromatic N) is 2. The van der Waals surface area contributed by atoms with Gasteiger partial charge in [0.25, 0.3) is 6.43 Å². The average molecular weight is 252 g/mol. The molecule has 0 amide bonds. The molecule has 0 saturated heterocycles. The summed E-state index contributed by atoms with van der Waals surface area (Å²) in [4.78, 5) is 7.45. The molecule has 0 bridgehead atoms. The van der Waals surface area contributed by atoms with Crippen molar-refractivity contribution in [3.63, 3.8) is 0 Å². The SMILES string of the molecule is Cc1nc(NC[C@@H](C)O)c(Cl)c(C(F)F)n1. The van der Waals surface area contributed by atoms with E-state index >= 15 is 0 Å². The number of aliphatic hydroxyl groups excluding tert-OH is 1. The Hall–Kier alpha value is -1.01. The molecule has 4 nitrogen and oxygen atoms in total. The van der Waals surface area contributed by atoms with Crippen LogP contribution in [0.3, 0.4) is 0 Å². The van der Waals surface area contributed by atoms with Gasteiger partial charge in [-0.25, -0.2) is 18.7 Å². The minimum absolute atomic E-state index is 0.116. The van der Waals surface area contributed by atoms with Gasteiger partial charge in [0.05, 0.1) is 6.10 Å². The summed E-state index contributed by atoms with van der Waals surface area (Å²) in [5.74, 6) is 0.318. The first-order valence-corrected chi connectivity index (χ1v) is 5.03. The molecular formula is C9H12ClF2N3O. The topological polar surface area (TPSA) is 58.0 Å². The summed E-state index contributed by atoms with van der Waals surface area (Å²) in [6.45, 7) is 3.23. The van der Waals surface area contributed by atoms with Crippen LogP contribution in [0.1, 0.15) is 24.9 Å². The lowest BCUT2D eigenvalue weighted by atomic mass is 10.3. The number of alkyl halides is 2. The third-order valence-corrected chi connectivity index (χ3v) is 2.13. The van der Waals surface area contributed by atoms with E-state index in [1.165, 1.54) is 6.92 Å². The van der Waals surface area contributed by atoms with Gasteiger partial charge in [0.15, 0.2) is 0 Å². The first-order chi connectivity index (χ1) is 7.41. The molecular weight excluding hydrogens is 240 g/mol. The molecule has 0 aliphatic rings. The van der Waals surface area contributed by atoms with Crippen molar-refractivity contribution in [1.82, 2.24) is 9.97 Å². The van der Waals surface area contributed by atoms with Gasteiger partial charge in [0.1, 0.15) is 22.4 Å². The Bertz CT molecular complexity index is 374. The highest BCUT2D eigenvalue weighted by Gasteiger charge is 2.18. The summed E-state index contributed by atoms with van der Waals surface area (Å²) in [6.07, 6.45) is -3.37. The van der Waals surface area contributed by atoms with Gasteiger partial charge in [-0.3, -0.25) is 0 Å². The third-order valence-electron chi connectivity index (χ3n) is 1.76. The molecule has 0 spiro atoms. The van der Waals surface area contributed by atoms with Gasteiger partial charge in [-0.2, -0.15) is 0 Å². The van der Waals surface area contributed by atoms with Crippen molar-refractivity contribution in [3.8, 4) is 0 Å². The summed E-state index contributed by atoms with van der Waals surface area (Å²) in [6, 6.07) is 0. The Morgan fingerprint density at radius 2 is 2.06 bits per heavy atom. The van der Waals surface area contributed by atoms with E-state index in [9.17, 15) is 8.78 Å². The smallest absolute Gasteiger partial charge is 0.282 e. The van der Waals surface area contributed by atoms with Gasteiger partial charge < -0.3 is 10.4 Å². The summed E-state index contributed by atoms with van der Waals surface area (Å²) < 4.78 is 25.1. The van der Waals surface area contributed by atoms with E-state index in [2.05, 4.69) is 15.3 Å². The summed E-state index contributed by atoms with van der Waals surface area (Å²) in [5.41, 5.74) is -0.498. The van der Waals surface area contributed by atoms with E-state index in [0.717, 1.165) is 0 Å². The van der Waals surface area contributed by atoms with Crippen molar-refractivity contribution in [1.29, 1.82) is 0 Å². The fourth-order valence-corrected chi connectivity index (χ4v) is 1.32. The molecule has 0 aromatic carbocycles. The Morgan fingerprint density at radius 3 is 2.56 bits per heavy atom. The molecule has 1 atom stereocenters. The lowest BCUT2D eigenvalue weighted by Crippen LogP contribution is -2.17. The van der Waals surface area contributed by atoms with E-state index in [0.29, 0.717) is 0 Å². The zero-order valence-electron chi connectivity index (χ0n) is 8.84. The van der Waals surface area contributed by atoms with Crippen molar-refractivity contribution >= 4 is 17.4 Å². The van der Waals surface area contributed by atoms with Crippen molar-refractivity contribution in [3.05, 3.63) is 16.5 Å². The molecule has 0 unspecified atom stereocenters. The molecule has 1 aromatic heterocycles. The van der Waals surface area contributed by atoms with Crippen LogP contribution in [0.25, 0.3) is 0 Å². The molecule has 0 radical (unpaired) electrons. The largest absolute Gasteiger partial charge is 0.392 e. The van der Waals surface area contributed by atoms with E-state index in [4.69, 9.17) is 16.7 Å². The minimum atomic E-state index is -2.75. The molecule has 16 heavy (non-hydrogen) atoms. The van der Waals surface area contributed by atoms with Crippen LogP contribution in [-0.2, 0) is 0 Å². The van der Waals surface area contributed by atoms with Crippen LogP contribution in [0, 0.1) is 6.92 Å². The fourth-order valence-electron chi connectivity index (χ4n) is 1.09. The molecule has 0 fully saturated rings. The molecule has 90 valence electrons. The highest BCUT2D eigenvalue weighted by molar-refractivity contribution is 6.33. The second-order valence-corrected chi connectivity index (χ2v) is 3.73. The lowest BCUT2D eigenvalue weighted by Gasteiger charge is -2.12. The van der Waals surface area contributed by atoms with Crippen molar-refractivity contribution in [2.75, 3.05) is 11.9 Å². The van der Waals surface area contributed by atoms with Gasteiger partial charge >= 0.3 is 0 Å². The quantitative estimate of drug-likeness (QED) is 0.861. The van der Waals surface area contributed by atoms with Gasteiger partial charge in [0, 0.05) is 6.54 Å². The zero-order chi connectivity index (χ0) is 12.3. The summed E-state index contributed by atoms with van der Waals surface area (Å²) in [5, 5.41) is 11.5. The molecule has 0 aliphatic carbocycles. The van der Waals surface area contributed by atoms with E-state index in [-0.39, 0.29) is 23.2 Å². The molecule has 1 rings (SSSR count). The van der Waals surface area contributed by atoms with Crippen LogP contribution in [-0.4, -0.2) is 27.7 Å². The maximum absolute atomic E-state index is 12.5. The normalized spacial score (nSPS) is 12.9. The standard InChI is InChI=1S/C9H12ClF2N3O/c1-4(16)3-13-9-6(10)7(8(11)12)14-5(2)15-9/h4,8,16H,3H2,1-2H3,(H,13,14,15)/t4-/m1/s1. The molecule has 2 N–H and O–H groups in total. The second-order valence-electron chi connectivity index (χ2n) is 3.35. The molecule has 1 heterocycles. The van der Waals surface area contributed by atoms with Gasteiger partial charge in [-0.05, 0) is 13.8 Å². The summed E-state index contributed by atoms with van der Waals surface area (Å²) >= 11 is 5.71. The van der Waals surface area contributed by atoms with Crippen molar-refractivity contribution in [2.45, 2.75) is 26.4 Å². The number of aromatic nitrogens is 2. The van der Waals surface area contributed by atoms with E-state index < -0.39 is 18.2 Å². The van der Waals surface area contributed by atoms with Crippen LogP contribution in [0.15, 0.2) is 0 Å². The summed E-state index contributed by atoms with van der Waals surface area (Å²) in [7, 11) is 0. The maximum atomic E-state index is 12.5. The van der Waals surface area contributed by atoms with Crippen LogP contribution < -0.4 is 5.32 Å². The number of nitrogens with one attached hydrogen (secondary N) is 1. The van der Waals surface area contributed by atoms with E-state index in [1.807, 2.05) is 0 Å². The van der Waals surface area contributed by atoms with Crippen LogP contribution in [0.5, 0.6) is 0 Å². The highest BCUT2D eigenvalue weighted by atomic mass is 35.5. The van der Waals surface area contributed by atoms with Crippen molar-refractivity contribution in [2.24, 2.45) is 0 Å². The van der Waals surface area contributed by atoms with Crippen LogP contribution in [0.2, 0.25) is 5.02 Å². The number of aliphatic hydroxyl groups is 1. The van der Waals surface area contributed by atoms with Gasteiger partial charge in [-0.1, -0.05) is 11.6 Å². The van der Waals surface area contributed by atoms with Gasteiger partial charge in [-0.15, -0.1) is 0 Å². The predicted molar refractivity (Wildman–Crippen MR) is 56.9 cm³/mol. The van der Waals surface area contributed by atoms with Crippen LogP contribution >= 0.6 is 11.6 Å². The fraction of sp³-hybridized carbons (Fsp3) is 0.556. The monoisotopic (exact) mass is 251 g/mol. The maximum Gasteiger partial charge on any atom is 0.282 e. The Labute approximate surface area is 96.7 Å². The number of hydrogen-bond acceptors (Lipinski definition) is 4. The Morgan fingerprint density at radius 1 is 1.44 bits per heavy atom. The molecule has 0 aliphatic heterocycles. The number of halogens is 3. The number of aryl methyl sites for hydroxylation is 1. The first kappa shape index (κ1) is 13.1. The van der Waals surface area contributed by atoms with Crippen LogP contribution in [0.4, 0.5) is 14.6 Å². The second kappa shape index (κ2) is 5.36. The average Bonchev–Trinajstić information content (AvgIpc) is 2.18. The lowest BCUT2D eigenvalue weighted by molar-refractivity contribution is 0.146. The van der Waals surface area contributed by atoms with Gasteiger partial charge in [0.2, 0.25) is 0 Å². The highest BCUT2D eigenvalue weighted by Crippen LogP contribution is 2.29. The minimum Gasteiger partial charge on any atom is -0.392 e.